The predicted octanol–water partition coefficient (Wildman–Crippen LogP) is 4.61. The van der Waals surface area contributed by atoms with Crippen LogP contribution in [0.15, 0.2) is 76.4 Å². The zero-order valence-electron chi connectivity index (χ0n) is 19.3. The first kappa shape index (κ1) is 24.2. The minimum atomic E-state index is -0.569. The van der Waals surface area contributed by atoms with Crippen molar-refractivity contribution in [3.63, 3.8) is 0 Å². The molecule has 4 aromatic rings. The van der Waals surface area contributed by atoms with Gasteiger partial charge in [0.15, 0.2) is 23.7 Å². The fourth-order valence-corrected chi connectivity index (χ4v) is 4.19. The van der Waals surface area contributed by atoms with E-state index in [2.05, 4.69) is 10.3 Å². The Kier molecular flexibility index (Phi) is 7.89. The Balaban J connectivity index is 1.30. The Morgan fingerprint density at radius 1 is 0.971 bits per heavy atom. The Morgan fingerprint density at radius 3 is 2.54 bits per heavy atom. The number of para-hydroxylation sites is 2. The van der Waals surface area contributed by atoms with Gasteiger partial charge in [0.25, 0.3) is 11.1 Å². The van der Waals surface area contributed by atoms with Gasteiger partial charge in [0.05, 0.1) is 19.8 Å². The second kappa shape index (κ2) is 11.4. The average Bonchev–Trinajstić information content (AvgIpc) is 3.32. The molecule has 0 spiro atoms. The lowest BCUT2D eigenvalue weighted by molar-refractivity contribution is -0.124. The smallest absolute Gasteiger partial charge is 0.338 e. The van der Waals surface area contributed by atoms with Crippen molar-refractivity contribution in [3.8, 4) is 11.5 Å². The minimum absolute atomic E-state index is 0.258. The van der Waals surface area contributed by atoms with Gasteiger partial charge in [-0.3, -0.25) is 4.79 Å². The van der Waals surface area contributed by atoms with Gasteiger partial charge in [-0.05, 0) is 41.5 Å². The van der Waals surface area contributed by atoms with E-state index in [0.29, 0.717) is 33.6 Å². The molecule has 0 saturated carbocycles. The second-order valence-electron chi connectivity index (χ2n) is 7.44. The van der Waals surface area contributed by atoms with Crippen LogP contribution in [0, 0.1) is 0 Å². The number of nitrogens with one attached hydrogen (secondary N) is 1. The number of rotatable bonds is 10. The molecule has 1 N–H and O–H groups in total. The topological polar surface area (TPSA) is 99.9 Å². The Labute approximate surface area is 206 Å². The number of carbonyl (C=O) groups excluding carboxylic acids is 2. The number of esters is 1. The number of methoxy groups -OCH3 is 2. The number of hydrogen-bond donors (Lipinski definition) is 1. The first-order valence-electron chi connectivity index (χ1n) is 10.8. The van der Waals surface area contributed by atoms with Crippen molar-refractivity contribution < 1.29 is 28.2 Å². The van der Waals surface area contributed by atoms with Crippen LogP contribution in [-0.4, -0.2) is 37.7 Å². The number of nitrogens with zero attached hydrogens (tertiary/aromatic N) is 1. The molecule has 0 aliphatic carbocycles. The van der Waals surface area contributed by atoms with E-state index >= 15 is 0 Å². The fourth-order valence-electron chi connectivity index (χ4n) is 3.35. The normalized spacial score (nSPS) is 10.7. The van der Waals surface area contributed by atoms with Crippen LogP contribution in [0.5, 0.6) is 11.5 Å². The standard InChI is InChI=1S/C26H24N2O6S/c1-31-22-12-11-17(13-23(22)32-2)14-27-24(29)15-33-25(30)19-8-4-3-7-18(19)16-35-26-28-20-9-5-6-10-21(20)34-26/h3-13H,14-16H2,1-2H3,(H,27,29). The highest BCUT2D eigenvalue weighted by molar-refractivity contribution is 7.98. The summed E-state index contributed by atoms with van der Waals surface area (Å²) < 4.78 is 21.5. The first-order chi connectivity index (χ1) is 17.1. The SMILES string of the molecule is COc1ccc(CNC(=O)COC(=O)c2ccccc2CSc2nc3ccccc3o2)cc1OC. The average molecular weight is 493 g/mol. The van der Waals surface area contributed by atoms with E-state index in [9.17, 15) is 9.59 Å². The van der Waals surface area contributed by atoms with Gasteiger partial charge in [0.2, 0.25) is 0 Å². The van der Waals surface area contributed by atoms with E-state index in [4.69, 9.17) is 18.6 Å². The van der Waals surface area contributed by atoms with Crippen molar-refractivity contribution in [2.45, 2.75) is 17.5 Å². The first-order valence-corrected chi connectivity index (χ1v) is 11.8. The van der Waals surface area contributed by atoms with Gasteiger partial charge in [0.1, 0.15) is 5.52 Å². The molecule has 0 atom stereocenters. The number of hydrogen-bond acceptors (Lipinski definition) is 8. The van der Waals surface area contributed by atoms with Gasteiger partial charge in [-0.25, -0.2) is 9.78 Å². The van der Waals surface area contributed by atoms with Crippen LogP contribution < -0.4 is 14.8 Å². The van der Waals surface area contributed by atoms with Gasteiger partial charge in [0, 0.05) is 12.3 Å². The molecule has 0 saturated heterocycles. The van der Waals surface area contributed by atoms with E-state index in [1.54, 1.807) is 38.5 Å². The van der Waals surface area contributed by atoms with E-state index in [1.807, 2.05) is 42.5 Å². The number of fused-ring (bicyclic) bond motifs is 1. The highest BCUT2D eigenvalue weighted by atomic mass is 32.2. The number of thioether (sulfide) groups is 1. The summed E-state index contributed by atoms with van der Waals surface area (Å²) in [5.41, 5.74) is 3.46. The maximum absolute atomic E-state index is 12.7. The molecule has 1 amide bonds. The third-order valence-corrected chi connectivity index (χ3v) is 6.01. The van der Waals surface area contributed by atoms with Gasteiger partial charge in [-0.2, -0.15) is 0 Å². The summed E-state index contributed by atoms with van der Waals surface area (Å²) in [7, 11) is 3.10. The van der Waals surface area contributed by atoms with Gasteiger partial charge in [-0.1, -0.05) is 48.2 Å². The molecular weight excluding hydrogens is 468 g/mol. The Morgan fingerprint density at radius 2 is 1.74 bits per heavy atom. The van der Waals surface area contributed by atoms with Gasteiger partial charge < -0.3 is 23.9 Å². The summed E-state index contributed by atoms with van der Waals surface area (Å²) in [5, 5.41) is 3.25. The molecule has 0 aliphatic rings. The van der Waals surface area contributed by atoms with Gasteiger partial charge >= 0.3 is 5.97 Å². The van der Waals surface area contributed by atoms with Crippen LogP contribution in [0.4, 0.5) is 0 Å². The molecule has 35 heavy (non-hydrogen) atoms. The van der Waals surface area contributed by atoms with E-state index < -0.39 is 18.5 Å². The third-order valence-electron chi connectivity index (χ3n) is 5.13. The van der Waals surface area contributed by atoms with Crippen molar-refractivity contribution in [1.82, 2.24) is 10.3 Å². The molecule has 0 aliphatic heterocycles. The molecule has 1 aromatic heterocycles. The number of ether oxygens (including phenoxy) is 3. The van der Waals surface area contributed by atoms with Crippen LogP contribution in [0.25, 0.3) is 11.1 Å². The summed E-state index contributed by atoms with van der Waals surface area (Å²) in [5.74, 6) is 0.651. The monoisotopic (exact) mass is 492 g/mol. The van der Waals surface area contributed by atoms with Crippen molar-refractivity contribution >= 4 is 34.7 Å². The zero-order valence-corrected chi connectivity index (χ0v) is 20.1. The molecular formula is C26H24N2O6S. The molecule has 0 radical (unpaired) electrons. The molecule has 9 heteroatoms. The molecule has 180 valence electrons. The highest BCUT2D eigenvalue weighted by Gasteiger charge is 2.16. The van der Waals surface area contributed by atoms with Crippen molar-refractivity contribution in [2.24, 2.45) is 0 Å². The zero-order chi connectivity index (χ0) is 24.6. The number of aromatic nitrogens is 1. The third kappa shape index (κ3) is 6.13. The molecule has 8 nitrogen and oxygen atoms in total. The van der Waals surface area contributed by atoms with Crippen molar-refractivity contribution in [1.29, 1.82) is 0 Å². The summed E-state index contributed by atoms with van der Waals surface area (Å²) in [6, 6.07) is 20.0. The Bertz CT molecular complexity index is 1300. The summed E-state index contributed by atoms with van der Waals surface area (Å²) in [6.07, 6.45) is 0. The van der Waals surface area contributed by atoms with Crippen LogP contribution in [0.2, 0.25) is 0 Å². The second-order valence-corrected chi connectivity index (χ2v) is 8.36. The molecule has 0 fully saturated rings. The largest absolute Gasteiger partial charge is 0.493 e. The lowest BCUT2D eigenvalue weighted by Gasteiger charge is -2.11. The van der Waals surface area contributed by atoms with Crippen LogP contribution in [-0.2, 0) is 21.8 Å². The molecule has 0 unspecified atom stereocenters. The number of oxazole rings is 1. The number of carbonyl (C=O) groups is 2. The quantitative estimate of drug-likeness (QED) is 0.253. The lowest BCUT2D eigenvalue weighted by atomic mass is 10.1. The number of benzene rings is 3. The maximum Gasteiger partial charge on any atom is 0.338 e. The molecule has 1 heterocycles. The van der Waals surface area contributed by atoms with E-state index in [0.717, 1.165) is 16.6 Å². The summed E-state index contributed by atoms with van der Waals surface area (Å²) in [4.78, 5) is 29.4. The van der Waals surface area contributed by atoms with Crippen LogP contribution in [0.1, 0.15) is 21.5 Å². The van der Waals surface area contributed by atoms with Gasteiger partial charge in [-0.15, -0.1) is 0 Å². The van der Waals surface area contributed by atoms with E-state index in [-0.39, 0.29) is 6.54 Å². The summed E-state index contributed by atoms with van der Waals surface area (Å²) in [6.45, 7) is -0.132. The molecule has 4 rings (SSSR count). The lowest BCUT2D eigenvalue weighted by Crippen LogP contribution is -2.28. The summed E-state index contributed by atoms with van der Waals surface area (Å²) >= 11 is 1.38. The molecule has 0 bridgehead atoms. The van der Waals surface area contributed by atoms with Crippen molar-refractivity contribution in [2.75, 3.05) is 20.8 Å². The maximum atomic E-state index is 12.7. The van der Waals surface area contributed by atoms with Crippen LogP contribution in [0.3, 0.4) is 0 Å². The number of amides is 1. The fraction of sp³-hybridized carbons (Fsp3) is 0.192. The van der Waals surface area contributed by atoms with E-state index in [1.165, 1.54) is 11.8 Å². The predicted molar refractivity (Wildman–Crippen MR) is 132 cm³/mol. The van der Waals surface area contributed by atoms with Crippen molar-refractivity contribution in [3.05, 3.63) is 83.4 Å². The Hall–Kier alpha value is -3.98. The highest BCUT2D eigenvalue weighted by Crippen LogP contribution is 2.28. The molecule has 3 aromatic carbocycles. The minimum Gasteiger partial charge on any atom is -0.493 e. The van der Waals surface area contributed by atoms with Crippen LogP contribution >= 0.6 is 11.8 Å².